The number of rotatable bonds is 2. The van der Waals surface area contributed by atoms with E-state index in [1.165, 1.54) is 0 Å². The van der Waals surface area contributed by atoms with Gasteiger partial charge in [0.15, 0.2) is 5.82 Å². The topological polar surface area (TPSA) is 50.9 Å². The van der Waals surface area contributed by atoms with Gasteiger partial charge in [-0.05, 0) is 25.0 Å². The van der Waals surface area contributed by atoms with Gasteiger partial charge in [0.25, 0.3) is 0 Å². The Kier molecular flexibility index (Phi) is 2.51. The summed E-state index contributed by atoms with van der Waals surface area (Å²) >= 11 is 0. The van der Waals surface area contributed by atoms with Crippen LogP contribution in [0.3, 0.4) is 0 Å². The number of aromatic nitrogens is 3. The van der Waals surface area contributed by atoms with Crippen LogP contribution < -0.4 is 0 Å². The summed E-state index contributed by atoms with van der Waals surface area (Å²) in [4.78, 5) is 0. The highest BCUT2D eigenvalue weighted by Crippen LogP contribution is 2.19. The molecule has 1 heterocycles. The largest absolute Gasteiger partial charge is 0.388 e. The molecule has 0 aliphatic carbocycles. The number of para-hydroxylation sites is 1. The lowest BCUT2D eigenvalue weighted by Crippen LogP contribution is -2.04. The number of benzene rings is 1. The van der Waals surface area contributed by atoms with Gasteiger partial charge in [0.1, 0.15) is 12.9 Å². The van der Waals surface area contributed by atoms with Crippen molar-refractivity contribution in [1.29, 1.82) is 0 Å². The van der Waals surface area contributed by atoms with Crippen LogP contribution in [0.25, 0.3) is 5.69 Å². The minimum absolute atomic E-state index is 0.103. The maximum atomic E-state index is 9.13. The second kappa shape index (κ2) is 3.82. The van der Waals surface area contributed by atoms with Crippen molar-refractivity contribution >= 4 is 0 Å². The molecular weight excluding hydrogens is 190 g/mol. The first-order chi connectivity index (χ1) is 7.24. The summed E-state index contributed by atoms with van der Waals surface area (Å²) in [5.41, 5.74) is 3.33. The molecule has 4 heteroatoms. The zero-order valence-electron chi connectivity index (χ0n) is 8.81. The lowest BCUT2D eigenvalue weighted by molar-refractivity contribution is 0.269. The number of aliphatic hydroxyl groups excluding tert-OH is 1. The predicted molar refractivity (Wildman–Crippen MR) is 56.8 cm³/mol. The maximum Gasteiger partial charge on any atom is 0.163 e. The molecular formula is C11H13N3O. The molecule has 0 fully saturated rings. The number of aryl methyl sites for hydroxylation is 2. The van der Waals surface area contributed by atoms with Crippen molar-refractivity contribution in [2.75, 3.05) is 0 Å². The van der Waals surface area contributed by atoms with Gasteiger partial charge in [0, 0.05) is 0 Å². The molecule has 1 aromatic carbocycles. The Bertz CT molecular complexity index is 456. The molecule has 0 atom stereocenters. The lowest BCUT2D eigenvalue weighted by Gasteiger charge is -2.11. The first-order valence-corrected chi connectivity index (χ1v) is 4.80. The summed E-state index contributed by atoms with van der Waals surface area (Å²) in [6, 6.07) is 6.07. The molecule has 4 nitrogen and oxygen atoms in total. The van der Waals surface area contributed by atoms with E-state index in [0.717, 1.165) is 16.8 Å². The van der Waals surface area contributed by atoms with Gasteiger partial charge < -0.3 is 5.11 Å². The monoisotopic (exact) mass is 203 g/mol. The molecule has 0 amide bonds. The van der Waals surface area contributed by atoms with Crippen LogP contribution in [0.1, 0.15) is 17.0 Å². The predicted octanol–water partition coefficient (Wildman–Crippen LogP) is 1.38. The molecule has 78 valence electrons. The van der Waals surface area contributed by atoms with Gasteiger partial charge in [0.05, 0.1) is 5.69 Å². The minimum atomic E-state index is -0.103. The van der Waals surface area contributed by atoms with E-state index in [-0.39, 0.29) is 6.61 Å². The van der Waals surface area contributed by atoms with E-state index >= 15 is 0 Å². The summed E-state index contributed by atoms with van der Waals surface area (Å²) < 4.78 is 1.82. The van der Waals surface area contributed by atoms with Crippen molar-refractivity contribution in [3.05, 3.63) is 41.5 Å². The van der Waals surface area contributed by atoms with Crippen molar-refractivity contribution in [1.82, 2.24) is 14.8 Å². The summed E-state index contributed by atoms with van der Waals surface area (Å²) in [5, 5.41) is 16.8. The molecule has 2 aromatic rings. The normalized spacial score (nSPS) is 10.6. The summed E-state index contributed by atoms with van der Waals surface area (Å²) in [5.74, 6) is 0.562. The van der Waals surface area contributed by atoms with Gasteiger partial charge in [-0.3, -0.25) is 4.57 Å². The molecule has 0 saturated heterocycles. The van der Waals surface area contributed by atoms with Crippen LogP contribution in [-0.4, -0.2) is 19.9 Å². The summed E-state index contributed by atoms with van der Waals surface area (Å²) in [6.07, 6.45) is 1.63. The van der Waals surface area contributed by atoms with Gasteiger partial charge in [-0.25, -0.2) is 0 Å². The molecule has 1 aromatic heterocycles. The highest BCUT2D eigenvalue weighted by atomic mass is 16.3. The molecule has 2 rings (SSSR count). The third-order valence-corrected chi connectivity index (χ3v) is 2.44. The Morgan fingerprint density at radius 3 is 2.53 bits per heavy atom. The van der Waals surface area contributed by atoms with Crippen molar-refractivity contribution in [2.45, 2.75) is 20.5 Å². The van der Waals surface area contributed by atoms with Gasteiger partial charge >= 0.3 is 0 Å². The van der Waals surface area contributed by atoms with E-state index in [0.29, 0.717) is 5.82 Å². The van der Waals surface area contributed by atoms with Crippen molar-refractivity contribution in [2.24, 2.45) is 0 Å². The van der Waals surface area contributed by atoms with E-state index < -0.39 is 0 Å². The molecule has 0 aliphatic rings. The Balaban J connectivity index is 2.63. The first-order valence-electron chi connectivity index (χ1n) is 4.80. The van der Waals surface area contributed by atoms with Crippen LogP contribution in [-0.2, 0) is 6.61 Å². The van der Waals surface area contributed by atoms with E-state index in [9.17, 15) is 0 Å². The molecule has 0 unspecified atom stereocenters. The van der Waals surface area contributed by atoms with Crippen LogP contribution in [0, 0.1) is 13.8 Å². The third kappa shape index (κ3) is 1.64. The van der Waals surface area contributed by atoms with E-state index in [1.54, 1.807) is 6.33 Å². The zero-order chi connectivity index (χ0) is 10.8. The molecule has 0 aliphatic heterocycles. The first kappa shape index (κ1) is 9.86. The fourth-order valence-electron chi connectivity index (χ4n) is 1.74. The molecule has 0 radical (unpaired) electrons. The quantitative estimate of drug-likeness (QED) is 0.802. The summed E-state index contributed by atoms with van der Waals surface area (Å²) in [6.45, 7) is 3.96. The molecule has 0 saturated carbocycles. The van der Waals surface area contributed by atoms with Crippen LogP contribution >= 0.6 is 0 Å². The smallest absolute Gasteiger partial charge is 0.163 e. The fourth-order valence-corrected chi connectivity index (χ4v) is 1.74. The van der Waals surface area contributed by atoms with Crippen LogP contribution in [0.4, 0.5) is 0 Å². The van der Waals surface area contributed by atoms with Gasteiger partial charge in [0.2, 0.25) is 0 Å². The second-order valence-corrected chi connectivity index (χ2v) is 3.52. The van der Waals surface area contributed by atoms with E-state index in [2.05, 4.69) is 10.2 Å². The molecule has 0 bridgehead atoms. The Labute approximate surface area is 88.2 Å². The van der Waals surface area contributed by atoms with Crippen molar-refractivity contribution in [3.8, 4) is 5.69 Å². The Hall–Kier alpha value is -1.68. The number of nitrogens with zero attached hydrogens (tertiary/aromatic N) is 3. The summed E-state index contributed by atoms with van der Waals surface area (Å²) in [7, 11) is 0. The van der Waals surface area contributed by atoms with Crippen molar-refractivity contribution in [3.63, 3.8) is 0 Å². The standard InChI is InChI=1S/C11H13N3O/c1-8-4-3-5-9(2)11(8)14-7-12-13-10(14)6-15/h3-5,7,15H,6H2,1-2H3. The molecule has 0 spiro atoms. The number of hydrogen-bond donors (Lipinski definition) is 1. The Morgan fingerprint density at radius 2 is 1.93 bits per heavy atom. The fraction of sp³-hybridized carbons (Fsp3) is 0.273. The van der Waals surface area contributed by atoms with Crippen LogP contribution in [0.15, 0.2) is 24.5 Å². The third-order valence-electron chi connectivity index (χ3n) is 2.44. The van der Waals surface area contributed by atoms with Gasteiger partial charge in [-0.2, -0.15) is 0 Å². The zero-order valence-corrected chi connectivity index (χ0v) is 8.81. The average molecular weight is 203 g/mol. The highest BCUT2D eigenvalue weighted by molar-refractivity contribution is 5.47. The number of hydrogen-bond acceptors (Lipinski definition) is 3. The van der Waals surface area contributed by atoms with Crippen molar-refractivity contribution < 1.29 is 5.11 Å². The highest BCUT2D eigenvalue weighted by Gasteiger charge is 2.09. The van der Waals surface area contributed by atoms with E-state index in [1.807, 2.05) is 36.6 Å². The second-order valence-electron chi connectivity index (χ2n) is 3.52. The van der Waals surface area contributed by atoms with Crippen LogP contribution in [0.5, 0.6) is 0 Å². The average Bonchev–Trinajstić information content (AvgIpc) is 2.65. The molecule has 1 N–H and O–H groups in total. The molecule has 15 heavy (non-hydrogen) atoms. The SMILES string of the molecule is Cc1cccc(C)c1-n1cnnc1CO. The van der Waals surface area contributed by atoms with Crippen LogP contribution in [0.2, 0.25) is 0 Å². The van der Waals surface area contributed by atoms with Gasteiger partial charge in [-0.1, -0.05) is 18.2 Å². The lowest BCUT2D eigenvalue weighted by atomic mass is 10.1. The maximum absolute atomic E-state index is 9.13. The number of aliphatic hydroxyl groups is 1. The minimum Gasteiger partial charge on any atom is -0.388 e. The van der Waals surface area contributed by atoms with Gasteiger partial charge in [-0.15, -0.1) is 10.2 Å². The Morgan fingerprint density at radius 1 is 1.27 bits per heavy atom. The van der Waals surface area contributed by atoms with E-state index in [4.69, 9.17) is 5.11 Å².